The molecule has 3 aliphatic heterocycles. The number of nitrogens with one attached hydrogen (secondary N) is 1. The Morgan fingerprint density at radius 3 is 2.71 bits per heavy atom. The molecule has 0 bridgehead atoms. The molecule has 0 spiro atoms. The van der Waals surface area contributed by atoms with Crippen LogP contribution in [0.2, 0.25) is 0 Å². The van der Waals surface area contributed by atoms with Crippen LogP contribution in [0, 0.1) is 11.8 Å². The number of anilines is 1. The molecule has 0 aliphatic carbocycles. The quantitative estimate of drug-likeness (QED) is 0.823. The van der Waals surface area contributed by atoms with E-state index in [4.69, 9.17) is 4.63 Å². The van der Waals surface area contributed by atoms with Crippen molar-refractivity contribution in [1.29, 1.82) is 0 Å². The van der Waals surface area contributed by atoms with Crippen LogP contribution in [0.15, 0.2) is 16.8 Å². The fourth-order valence-electron chi connectivity index (χ4n) is 5.40. The van der Waals surface area contributed by atoms with E-state index in [1.807, 2.05) is 0 Å². The predicted octanol–water partition coefficient (Wildman–Crippen LogP) is 3.60. The lowest BCUT2D eigenvalue weighted by Crippen LogP contribution is -2.51. The minimum Gasteiger partial charge on any atom is -0.369 e. The van der Waals surface area contributed by atoms with Gasteiger partial charge in [0.2, 0.25) is 0 Å². The summed E-state index contributed by atoms with van der Waals surface area (Å²) in [6.07, 6.45) is 7.89. The summed E-state index contributed by atoms with van der Waals surface area (Å²) in [5, 5.41) is 12.2. The second kappa shape index (κ2) is 7.99. The lowest BCUT2D eigenvalue weighted by molar-refractivity contribution is 0.247. The number of aromatic nitrogens is 2. The van der Waals surface area contributed by atoms with Gasteiger partial charge in [-0.1, -0.05) is 13.3 Å². The lowest BCUT2D eigenvalue weighted by atomic mass is 9.88. The van der Waals surface area contributed by atoms with Gasteiger partial charge in [-0.2, -0.15) is 0 Å². The highest BCUT2D eigenvalue weighted by Crippen LogP contribution is 2.36. The van der Waals surface area contributed by atoms with Crippen LogP contribution in [-0.2, 0) is 0 Å². The van der Waals surface area contributed by atoms with Gasteiger partial charge in [-0.15, -0.1) is 0 Å². The molecule has 5 rings (SSSR count). The van der Waals surface area contributed by atoms with Gasteiger partial charge in [-0.3, -0.25) is 0 Å². The molecule has 1 aromatic heterocycles. The number of hydrogen-bond donors (Lipinski definition) is 1. The molecule has 2 atom stereocenters. The molecule has 28 heavy (non-hydrogen) atoms. The molecule has 2 aromatic rings. The van der Waals surface area contributed by atoms with Crippen molar-refractivity contribution in [2.45, 2.75) is 51.5 Å². The van der Waals surface area contributed by atoms with Gasteiger partial charge in [0, 0.05) is 31.6 Å². The van der Waals surface area contributed by atoms with E-state index in [0.717, 1.165) is 42.5 Å². The van der Waals surface area contributed by atoms with Crippen LogP contribution >= 0.6 is 0 Å². The van der Waals surface area contributed by atoms with E-state index >= 15 is 0 Å². The Bertz CT molecular complexity index is 785. The number of rotatable bonds is 6. The first-order valence-corrected chi connectivity index (χ1v) is 11.3. The van der Waals surface area contributed by atoms with Crippen LogP contribution in [0.5, 0.6) is 0 Å². The van der Waals surface area contributed by atoms with Crippen LogP contribution in [0.25, 0.3) is 11.0 Å². The highest BCUT2D eigenvalue weighted by molar-refractivity contribution is 5.89. The van der Waals surface area contributed by atoms with Crippen LogP contribution in [0.3, 0.4) is 0 Å². The molecule has 1 N–H and O–H groups in total. The molecule has 3 fully saturated rings. The maximum Gasteiger partial charge on any atom is 0.158 e. The Kier molecular flexibility index (Phi) is 5.24. The molecule has 2 unspecified atom stereocenters. The second-order valence-electron chi connectivity index (χ2n) is 9.14. The van der Waals surface area contributed by atoms with Gasteiger partial charge >= 0.3 is 0 Å². The molecule has 152 valence electrons. The average molecular weight is 384 g/mol. The van der Waals surface area contributed by atoms with E-state index in [9.17, 15) is 0 Å². The zero-order valence-electron chi connectivity index (χ0n) is 17.1. The van der Waals surface area contributed by atoms with Gasteiger partial charge < -0.3 is 15.1 Å². The van der Waals surface area contributed by atoms with Crippen LogP contribution < -0.4 is 10.2 Å². The van der Waals surface area contributed by atoms with Crippen molar-refractivity contribution < 1.29 is 4.63 Å². The Morgan fingerprint density at radius 1 is 1.11 bits per heavy atom. The van der Waals surface area contributed by atoms with Crippen LogP contribution in [0.1, 0.15) is 57.1 Å². The van der Waals surface area contributed by atoms with Gasteiger partial charge in [0.05, 0.1) is 5.69 Å². The van der Waals surface area contributed by atoms with Crippen molar-refractivity contribution >= 4 is 16.7 Å². The number of fused-ring (bicyclic) bond motifs is 1. The summed E-state index contributed by atoms with van der Waals surface area (Å²) in [5.41, 5.74) is 4.37. The molecule has 6 heteroatoms. The average Bonchev–Trinajstić information content (AvgIpc) is 3.36. The summed E-state index contributed by atoms with van der Waals surface area (Å²) in [6, 6.07) is 4.94. The first-order valence-electron chi connectivity index (χ1n) is 11.3. The third-order valence-corrected chi connectivity index (χ3v) is 6.99. The standard InChI is InChI=1S/C22H33N5O/c1-2-5-16-6-7-19(23-12-16)18-10-20-22(25-28-24-20)21(11-18)27-14-17(15-27)13-26-8-3-4-9-26/h10-11,16-17,19,23H,2-9,12-15H2,1H3. The predicted molar refractivity (Wildman–Crippen MR) is 112 cm³/mol. The number of piperidine rings is 1. The van der Waals surface area contributed by atoms with Gasteiger partial charge in [0.25, 0.3) is 0 Å². The first kappa shape index (κ1) is 18.4. The van der Waals surface area contributed by atoms with Crippen LogP contribution in [-0.4, -0.2) is 54.5 Å². The summed E-state index contributed by atoms with van der Waals surface area (Å²) in [6.45, 7) is 9.49. The third kappa shape index (κ3) is 3.64. The minimum absolute atomic E-state index is 0.426. The highest BCUT2D eigenvalue weighted by Gasteiger charge is 2.32. The van der Waals surface area contributed by atoms with Crippen molar-refractivity contribution in [2.24, 2.45) is 11.8 Å². The van der Waals surface area contributed by atoms with E-state index in [0.29, 0.717) is 6.04 Å². The maximum absolute atomic E-state index is 5.09. The molecule has 3 aliphatic rings. The van der Waals surface area contributed by atoms with Crippen molar-refractivity contribution in [3.8, 4) is 0 Å². The third-order valence-electron chi connectivity index (χ3n) is 6.99. The van der Waals surface area contributed by atoms with E-state index in [1.165, 1.54) is 69.4 Å². The number of hydrogen-bond acceptors (Lipinski definition) is 6. The van der Waals surface area contributed by atoms with Crippen molar-refractivity contribution in [2.75, 3.05) is 44.2 Å². The van der Waals surface area contributed by atoms with Gasteiger partial charge in [0.15, 0.2) is 5.52 Å². The normalized spacial score (nSPS) is 26.8. The zero-order valence-corrected chi connectivity index (χ0v) is 17.1. The van der Waals surface area contributed by atoms with Gasteiger partial charge in [-0.05, 0) is 85.7 Å². The van der Waals surface area contributed by atoms with Gasteiger partial charge in [-0.25, -0.2) is 4.63 Å². The largest absolute Gasteiger partial charge is 0.369 e. The molecular weight excluding hydrogens is 350 g/mol. The topological polar surface area (TPSA) is 57.4 Å². The Hall–Kier alpha value is -1.66. The van der Waals surface area contributed by atoms with E-state index < -0.39 is 0 Å². The number of nitrogens with zero attached hydrogens (tertiary/aromatic N) is 4. The molecule has 0 saturated carbocycles. The summed E-state index contributed by atoms with van der Waals surface area (Å²) >= 11 is 0. The van der Waals surface area contributed by atoms with Gasteiger partial charge in [0.1, 0.15) is 5.52 Å². The molecule has 1 aromatic carbocycles. The first-order chi connectivity index (χ1) is 13.8. The highest BCUT2D eigenvalue weighted by atomic mass is 16.6. The van der Waals surface area contributed by atoms with E-state index in [1.54, 1.807) is 0 Å². The second-order valence-corrected chi connectivity index (χ2v) is 9.14. The van der Waals surface area contributed by atoms with Crippen molar-refractivity contribution in [3.05, 3.63) is 17.7 Å². The monoisotopic (exact) mass is 383 g/mol. The maximum atomic E-state index is 5.09. The Balaban J connectivity index is 1.29. The summed E-state index contributed by atoms with van der Waals surface area (Å²) in [7, 11) is 0. The Labute approximate surface area is 167 Å². The molecule has 6 nitrogen and oxygen atoms in total. The molecule has 3 saturated heterocycles. The Morgan fingerprint density at radius 2 is 1.96 bits per heavy atom. The summed E-state index contributed by atoms with van der Waals surface area (Å²) < 4.78 is 5.09. The zero-order chi connectivity index (χ0) is 18.9. The molecular formula is C22H33N5O. The summed E-state index contributed by atoms with van der Waals surface area (Å²) in [4.78, 5) is 5.10. The minimum atomic E-state index is 0.426. The smallest absolute Gasteiger partial charge is 0.158 e. The van der Waals surface area contributed by atoms with E-state index in [2.05, 4.69) is 44.5 Å². The van der Waals surface area contributed by atoms with Crippen LogP contribution in [0.4, 0.5) is 5.69 Å². The molecule has 0 amide bonds. The number of benzene rings is 1. The molecule has 0 radical (unpaired) electrons. The fraction of sp³-hybridized carbons (Fsp3) is 0.727. The fourth-order valence-corrected chi connectivity index (χ4v) is 5.40. The van der Waals surface area contributed by atoms with E-state index in [-0.39, 0.29) is 0 Å². The van der Waals surface area contributed by atoms with Crippen molar-refractivity contribution in [3.63, 3.8) is 0 Å². The van der Waals surface area contributed by atoms with Crippen molar-refractivity contribution in [1.82, 2.24) is 20.5 Å². The summed E-state index contributed by atoms with van der Waals surface area (Å²) in [5.74, 6) is 1.61. The lowest BCUT2D eigenvalue weighted by Gasteiger charge is -2.43. The number of likely N-dealkylation sites (tertiary alicyclic amines) is 1. The molecule has 4 heterocycles. The SMILES string of the molecule is CCCC1CCC(c2cc(N3CC(CN4CCCC4)C3)c3nonc3c2)NC1.